The maximum absolute atomic E-state index is 13.0. The predicted octanol–water partition coefficient (Wildman–Crippen LogP) is 3.04. The molecule has 1 aromatic carbocycles. The van der Waals surface area contributed by atoms with Crippen LogP contribution in [0, 0.1) is 5.82 Å². The molecule has 0 saturated heterocycles. The van der Waals surface area contributed by atoms with Crippen molar-refractivity contribution in [1.82, 2.24) is 4.98 Å². The zero-order chi connectivity index (χ0) is 15.7. The molecule has 1 atom stereocenters. The second-order valence-electron chi connectivity index (χ2n) is 5.68. The van der Waals surface area contributed by atoms with Crippen molar-refractivity contribution in [3.05, 3.63) is 46.2 Å². The molecule has 116 valence electrons. The van der Waals surface area contributed by atoms with E-state index in [-0.39, 0.29) is 11.7 Å². The topological polar surface area (TPSA) is 68.0 Å². The number of hydrogen-bond donors (Lipinski definition) is 2. The average Bonchev–Trinajstić information content (AvgIpc) is 3.24. The van der Waals surface area contributed by atoms with E-state index in [1.165, 1.54) is 23.5 Å². The van der Waals surface area contributed by atoms with Crippen molar-refractivity contribution >= 4 is 22.4 Å². The Morgan fingerprint density at radius 1 is 1.45 bits per heavy atom. The Labute approximate surface area is 132 Å². The monoisotopic (exact) mass is 319 g/mol. The zero-order valence-electron chi connectivity index (χ0n) is 12.3. The maximum atomic E-state index is 13.0. The van der Waals surface area contributed by atoms with Crippen LogP contribution < -0.4 is 11.1 Å². The molecular formula is C16H18FN3OS. The van der Waals surface area contributed by atoms with Crippen molar-refractivity contribution in [1.29, 1.82) is 0 Å². The summed E-state index contributed by atoms with van der Waals surface area (Å²) >= 11 is 1.48. The Morgan fingerprint density at radius 3 is 2.73 bits per heavy atom. The largest absolute Gasteiger partial charge is 0.320 e. The minimum Gasteiger partial charge on any atom is -0.320 e. The standard InChI is InChI=1S/C16H18FN3OS/c1-9(18)15(21)20-16-19-14(11-4-5-11)13(22-16)8-10-2-6-12(17)7-3-10/h2-3,6-7,9,11H,4-5,8,18H2,1H3,(H,19,20,21)/t9-/m1/s1. The third kappa shape index (κ3) is 3.51. The van der Waals surface area contributed by atoms with Gasteiger partial charge in [-0.1, -0.05) is 12.1 Å². The summed E-state index contributed by atoms with van der Waals surface area (Å²) in [7, 11) is 0. The SMILES string of the molecule is C[C@@H](N)C(=O)Nc1nc(C2CC2)c(Cc2ccc(F)cc2)s1. The van der Waals surface area contributed by atoms with Crippen LogP contribution in [0.3, 0.4) is 0 Å². The predicted molar refractivity (Wildman–Crippen MR) is 85.6 cm³/mol. The highest BCUT2D eigenvalue weighted by Crippen LogP contribution is 2.44. The van der Waals surface area contributed by atoms with Crippen LogP contribution >= 0.6 is 11.3 Å². The number of rotatable bonds is 5. The van der Waals surface area contributed by atoms with Crippen molar-refractivity contribution in [3.8, 4) is 0 Å². The number of nitrogens with zero attached hydrogens (tertiary/aromatic N) is 1. The molecule has 4 nitrogen and oxygen atoms in total. The normalized spacial score (nSPS) is 15.6. The Bertz CT molecular complexity index is 677. The summed E-state index contributed by atoms with van der Waals surface area (Å²) in [6.45, 7) is 1.64. The molecule has 0 radical (unpaired) electrons. The Hall–Kier alpha value is -1.79. The van der Waals surface area contributed by atoms with Gasteiger partial charge in [-0.25, -0.2) is 9.37 Å². The fourth-order valence-corrected chi connectivity index (χ4v) is 3.31. The minimum absolute atomic E-state index is 0.232. The lowest BCUT2D eigenvalue weighted by molar-refractivity contribution is -0.117. The first-order valence-electron chi connectivity index (χ1n) is 7.33. The minimum atomic E-state index is -0.561. The van der Waals surface area contributed by atoms with Crippen molar-refractivity contribution in [2.24, 2.45) is 5.73 Å². The smallest absolute Gasteiger partial charge is 0.242 e. The lowest BCUT2D eigenvalue weighted by Gasteiger charge is -2.03. The third-order valence-corrected chi connectivity index (χ3v) is 4.60. The number of benzene rings is 1. The van der Waals surface area contributed by atoms with Gasteiger partial charge in [-0.2, -0.15) is 0 Å². The van der Waals surface area contributed by atoms with Crippen LogP contribution in [0.5, 0.6) is 0 Å². The van der Waals surface area contributed by atoms with Gasteiger partial charge in [0.05, 0.1) is 11.7 Å². The molecule has 6 heteroatoms. The van der Waals surface area contributed by atoms with Crippen molar-refractivity contribution in [2.45, 2.75) is 38.1 Å². The first-order chi connectivity index (χ1) is 10.5. The van der Waals surface area contributed by atoms with Crippen LogP contribution in [-0.4, -0.2) is 16.9 Å². The molecule has 1 aliphatic rings. The molecule has 1 aliphatic carbocycles. The third-order valence-electron chi connectivity index (χ3n) is 3.61. The number of nitrogens with one attached hydrogen (secondary N) is 1. The number of anilines is 1. The summed E-state index contributed by atoms with van der Waals surface area (Å²) in [4.78, 5) is 17.4. The second kappa shape index (κ2) is 6.14. The first-order valence-corrected chi connectivity index (χ1v) is 8.15. The first kappa shape index (κ1) is 15.1. The Kier molecular flexibility index (Phi) is 4.22. The Morgan fingerprint density at radius 2 is 2.14 bits per heavy atom. The van der Waals surface area contributed by atoms with Crippen LogP contribution in [0.2, 0.25) is 0 Å². The summed E-state index contributed by atoms with van der Waals surface area (Å²) in [6, 6.07) is 5.93. The van der Waals surface area contributed by atoms with Gasteiger partial charge in [-0.3, -0.25) is 4.79 Å². The summed E-state index contributed by atoms with van der Waals surface area (Å²) < 4.78 is 13.0. The fourth-order valence-electron chi connectivity index (χ4n) is 2.23. The molecule has 1 aromatic heterocycles. The van der Waals surface area contributed by atoms with Gasteiger partial charge in [-0.15, -0.1) is 11.3 Å². The maximum Gasteiger partial charge on any atom is 0.242 e. The average molecular weight is 319 g/mol. The van der Waals surface area contributed by atoms with Gasteiger partial charge >= 0.3 is 0 Å². The number of thiazole rings is 1. The van der Waals surface area contributed by atoms with E-state index in [0.29, 0.717) is 17.5 Å². The molecule has 0 aliphatic heterocycles. The Balaban J connectivity index is 1.81. The molecule has 1 fully saturated rings. The lowest BCUT2D eigenvalue weighted by Crippen LogP contribution is -2.32. The molecule has 0 unspecified atom stereocenters. The molecular weight excluding hydrogens is 301 g/mol. The number of halogens is 1. The summed E-state index contributed by atoms with van der Waals surface area (Å²) in [5.41, 5.74) is 7.67. The van der Waals surface area contributed by atoms with E-state index in [2.05, 4.69) is 10.3 Å². The van der Waals surface area contributed by atoms with Gasteiger partial charge in [0, 0.05) is 17.2 Å². The van der Waals surface area contributed by atoms with E-state index in [4.69, 9.17) is 5.73 Å². The highest BCUT2D eigenvalue weighted by atomic mass is 32.1. The van der Waals surface area contributed by atoms with Gasteiger partial charge in [-0.05, 0) is 37.5 Å². The number of carbonyl (C=O) groups is 1. The molecule has 1 amide bonds. The molecule has 0 bridgehead atoms. The van der Waals surface area contributed by atoms with Gasteiger partial charge in [0.25, 0.3) is 0 Å². The molecule has 2 aromatic rings. The summed E-state index contributed by atoms with van der Waals surface area (Å²) in [5.74, 6) is 0.0254. The summed E-state index contributed by atoms with van der Waals surface area (Å²) in [6.07, 6.45) is 2.99. The quantitative estimate of drug-likeness (QED) is 0.890. The van der Waals surface area contributed by atoms with Gasteiger partial charge in [0.1, 0.15) is 5.82 Å². The highest BCUT2D eigenvalue weighted by molar-refractivity contribution is 7.15. The fraction of sp³-hybridized carbons (Fsp3) is 0.375. The zero-order valence-corrected chi connectivity index (χ0v) is 13.1. The molecule has 3 N–H and O–H groups in total. The summed E-state index contributed by atoms with van der Waals surface area (Å²) in [5, 5.41) is 3.36. The van der Waals surface area contributed by atoms with Crippen LogP contribution in [0.25, 0.3) is 0 Å². The lowest BCUT2D eigenvalue weighted by atomic mass is 10.1. The molecule has 22 heavy (non-hydrogen) atoms. The van der Waals surface area contributed by atoms with Crippen molar-refractivity contribution < 1.29 is 9.18 Å². The van der Waals surface area contributed by atoms with E-state index in [0.717, 1.165) is 29.0 Å². The van der Waals surface area contributed by atoms with Gasteiger partial charge in [0.2, 0.25) is 5.91 Å². The van der Waals surface area contributed by atoms with Gasteiger partial charge in [0.15, 0.2) is 5.13 Å². The van der Waals surface area contributed by atoms with Crippen LogP contribution in [0.15, 0.2) is 24.3 Å². The van der Waals surface area contributed by atoms with Crippen LogP contribution in [-0.2, 0) is 11.2 Å². The molecule has 1 saturated carbocycles. The van der Waals surface area contributed by atoms with E-state index in [9.17, 15) is 9.18 Å². The number of carbonyl (C=O) groups excluding carboxylic acids is 1. The molecule has 1 heterocycles. The van der Waals surface area contributed by atoms with E-state index in [1.807, 2.05) is 0 Å². The van der Waals surface area contributed by atoms with Crippen molar-refractivity contribution in [3.63, 3.8) is 0 Å². The van der Waals surface area contributed by atoms with Gasteiger partial charge < -0.3 is 11.1 Å². The van der Waals surface area contributed by atoms with E-state index in [1.54, 1.807) is 19.1 Å². The molecule has 3 rings (SSSR count). The van der Waals surface area contributed by atoms with E-state index >= 15 is 0 Å². The number of nitrogens with two attached hydrogens (primary N) is 1. The number of amides is 1. The second-order valence-corrected chi connectivity index (χ2v) is 6.77. The highest BCUT2D eigenvalue weighted by Gasteiger charge is 2.30. The van der Waals surface area contributed by atoms with Crippen LogP contribution in [0.4, 0.5) is 9.52 Å². The van der Waals surface area contributed by atoms with E-state index < -0.39 is 6.04 Å². The number of hydrogen-bond acceptors (Lipinski definition) is 4. The van der Waals surface area contributed by atoms with Crippen LogP contribution in [0.1, 0.15) is 41.8 Å². The van der Waals surface area contributed by atoms with Crippen molar-refractivity contribution in [2.75, 3.05) is 5.32 Å². The molecule has 0 spiro atoms. The number of aromatic nitrogens is 1.